The molecule has 1 aromatic carbocycles. The molecule has 1 rings (SSSR count). The van der Waals surface area contributed by atoms with Crippen molar-refractivity contribution in [1.82, 2.24) is 0 Å². The Hall–Kier alpha value is -1.03. The number of ether oxygens (including phenoxy) is 1. The molecule has 14 heavy (non-hydrogen) atoms. The van der Waals surface area contributed by atoms with Crippen LogP contribution in [-0.2, 0) is 4.79 Å². The maximum absolute atomic E-state index is 10.4. The van der Waals surface area contributed by atoms with Crippen LogP contribution in [0.2, 0.25) is 0 Å². The van der Waals surface area contributed by atoms with Gasteiger partial charge in [-0.15, -0.1) is 0 Å². The Morgan fingerprint density at radius 1 is 1.50 bits per heavy atom. The molecule has 1 atom stereocenters. The lowest BCUT2D eigenvalue weighted by atomic mass is 10.3. The third-order valence-electron chi connectivity index (χ3n) is 1.61. The van der Waals surface area contributed by atoms with Crippen LogP contribution < -0.4 is 4.74 Å². The van der Waals surface area contributed by atoms with Crippen LogP contribution in [0.3, 0.4) is 0 Å². The van der Waals surface area contributed by atoms with E-state index in [0.717, 1.165) is 4.47 Å². The Morgan fingerprint density at radius 2 is 2.07 bits per heavy atom. The fourth-order valence-electron chi connectivity index (χ4n) is 1.03. The topological polar surface area (TPSA) is 46.5 Å². The van der Waals surface area contributed by atoms with Gasteiger partial charge in [0.2, 0.25) is 0 Å². The molecule has 0 radical (unpaired) electrons. The average Bonchev–Trinajstić information content (AvgIpc) is 2.07. The standard InChI is InChI=1S/C10H11BrO3/c1-7(6-10(12)13)14-9-4-2-8(11)3-5-9/h2-5,7H,6H2,1H3,(H,12,13)/t7-/m1/s1. The highest BCUT2D eigenvalue weighted by molar-refractivity contribution is 9.10. The molecule has 0 saturated heterocycles. The molecular weight excluding hydrogens is 248 g/mol. The molecule has 4 heteroatoms. The second-order valence-electron chi connectivity index (χ2n) is 2.98. The van der Waals surface area contributed by atoms with Crippen molar-refractivity contribution >= 4 is 21.9 Å². The highest BCUT2D eigenvalue weighted by atomic mass is 79.9. The number of halogens is 1. The van der Waals surface area contributed by atoms with Crippen molar-refractivity contribution in [2.24, 2.45) is 0 Å². The van der Waals surface area contributed by atoms with E-state index in [4.69, 9.17) is 9.84 Å². The minimum absolute atomic E-state index is 0.00998. The second kappa shape index (κ2) is 5.00. The molecule has 0 aliphatic heterocycles. The number of rotatable bonds is 4. The van der Waals surface area contributed by atoms with Crippen molar-refractivity contribution in [3.63, 3.8) is 0 Å². The van der Waals surface area contributed by atoms with Gasteiger partial charge in [-0.25, -0.2) is 0 Å². The van der Waals surface area contributed by atoms with Crippen LogP contribution in [0.25, 0.3) is 0 Å². The summed E-state index contributed by atoms with van der Waals surface area (Å²) in [6.45, 7) is 1.73. The number of hydrogen-bond donors (Lipinski definition) is 1. The molecule has 76 valence electrons. The van der Waals surface area contributed by atoms with Crippen molar-refractivity contribution in [2.45, 2.75) is 19.4 Å². The largest absolute Gasteiger partial charge is 0.490 e. The highest BCUT2D eigenvalue weighted by Gasteiger charge is 2.08. The molecule has 0 heterocycles. The van der Waals surface area contributed by atoms with Crippen molar-refractivity contribution in [3.8, 4) is 5.75 Å². The monoisotopic (exact) mass is 258 g/mol. The highest BCUT2D eigenvalue weighted by Crippen LogP contribution is 2.17. The first-order valence-corrected chi connectivity index (χ1v) is 5.01. The van der Waals surface area contributed by atoms with Crippen LogP contribution in [0, 0.1) is 0 Å². The van der Waals surface area contributed by atoms with E-state index < -0.39 is 5.97 Å². The Balaban J connectivity index is 2.51. The van der Waals surface area contributed by atoms with E-state index in [0.29, 0.717) is 5.75 Å². The van der Waals surface area contributed by atoms with Crippen LogP contribution in [0.15, 0.2) is 28.7 Å². The molecule has 3 nitrogen and oxygen atoms in total. The van der Waals surface area contributed by atoms with Gasteiger partial charge >= 0.3 is 5.97 Å². The second-order valence-corrected chi connectivity index (χ2v) is 3.90. The zero-order valence-corrected chi connectivity index (χ0v) is 9.32. The Labute approximate surface area is 90.8 Å². The summed E-state index contributed by atoms with van der Waals surface area (Å²) >= 11 is 3.30. The van der Waals surface area contributed by atoms with Gasteiger partial charge in [-0.3, -0.25) is 4.79 Å². The molecule has 0 aliphatic carbocycles. The SMILES string of the molecule is C[C@H](CC(=O)O)Oc1ccc(Br)cc1. The molecule has 0 aromatic heterocycles. The van der Waals surface area contributed by atoms with Crippen LogP contribution in [0.1, 0.15) is 13.3 Å². The maximum Gasteiger partial charge on any atom is 0.307 e. The molecule has 0 bridgehead atoms. The number of hydrogen-bond acceptors (Lipinski definition) is 2. The number of carbonyl (C=O) groups is 1. The molecule has 1 aromatic rings. The van der Waals surface area contributed by atoms with E-state index in [2.05, 4.69) is 15.9 Å². The van der Waals surface area contributed by atoms with Gasteiger partial charge in [0.15, 0.2) is 0 Å². The third kappa shape index (κ3) is 3.79. The van der Waals surface area contributed by atoms with E-state index >= 15 is 0 Å². The Morgan fingerprint density at radius 3 is 2.57 bits per heavy atom. The van der Waals surface area contributed by atoms with Crippen molar-refractivity contribution < 1.29 is 14.6 Å². The molecular formula is C10H11BrO3. The Kier molecular flexibility index (Phi) is 3.95. The van der Waals surface area contributed by atoms with Crippen LogP contribution in [-0.4, -0.2) is 17.2 Å². The Bertz CT molecular complexity index is 308. The summed E-state index contributed by atoms with van der Waals surface area (Å²) in [6, 6.07) is 7.29. The summed E-state index contributed by atoms with van der Waals surface area (Å²) in [5, 5.41) is 8.52. The number of carboxylic acids is 1. The molecule has 0 saturated carbocycles. The summed E-state index contributed by atoms with van der Waals surface area (Å²) in [5.74, 6) is -0.170. The summed E-state index contributed by atoms with van der Waals surface area (Å²) in [5.41, 5.74) is 0. The summed E-state index contributed by atoms with van der Waals surface area (Å²) in [4.78, 5) is 10.4. The minimum atomic E-state index is -0.852. The number of aliphatic carboxylic acids is 1. The molecule has 0 spiro atoms. The van der Waals surface area contributed by atoms with Crippen molar-refractivity contribution in [3.05, 3.63) is 28.7 Å². The van der Waals surface area contributed by atoms with Crippen LogP contribution in [0.5, 0.6) is 5.75 Å². The van der Waals surface area contributed by atoms with E-state index in [1.807, 2.05) is 12.1 Å². The fraction of sp³-hybridized carbons (Fsp3) is 0.300. The molecule has 0 unspecified atom stereocenters. The van der Waals surface area contributed by atoms with Crippen LogP contribution in [0.4, 0.5) is 0 Å². The van der Waals surface area contributed by atoms with E-state index in [9.17, 15) is 4.79 Å². The van der Waals surface area contributed by atoms with Gasteiger partial charge in [0.1, 0.15) is 11.9 Å². The van der Waals surface area contributed by atoms with Gasteiger partial charge in [-0.05, 0) is 31.2 Å². The quantitative estimate of drug-likeness (QED) is 0.904. The average molecular weight is 259 g/mol. The first kappa shape index (κ1) is 11.0. The van der Waals surface area contributed by atoms with Gasteiger partial charge in [0, 0.05) is 4.47 Å². The zero-order valence-electron chi connectivity index (χ0n) is 7.74. The smallest absolute Gasteiger partial charge is 0.307 e. The number of carboxylic acid groups (broad SMARTS) is 1. The predicted molar refractivity (Wildman–Crippen MR) is 56.5 cm³/mol. The van der Waals surface area contributed by atoms with E-state index in [-0.39, 0.29) is 12.5 Å². The zero-order chi connectivity index (χ0) is 10.6. The van der Waals surface area contributed by atoms with E-state index in [1.165, 1.54) is 0 Å². The summed E-state index contributed by atoms with van der Waals surface area (Å²) in [6.07, 6.45) is -0.301. The van der Waals surface area contributed by atoms with Gasteiger partial charge < -0.3 is 9.84 Å². The van der Waals surface area contributed by atoms with Crippen molar-refractivity contribution in [2.75, 3.05) is 0 Å². The lowest BCUT2D eigenvalue weighted by Gasteiger charge is -2.12. The van der Waals surface area contributed by atoms with E-state index in [1.54, 1.807) is 19.1 Å². The van der Waals surface area contributed by atoms with Crippen LogP contribution >= 0.6 is 15.9 Å². The molecule has 0 amide bonds. The first-order valence-electron chi connectivity index (χ1n) is 4.22. The lowest BCUT2D eigenvalue weighted by molar-refractivity contribution is -0.138. The normalized spacial score (nSPS) is 12.1. The lowest BCUT2D eigenvalue weighted by Crippen LogP contribution is -2.16. The van der Waals surface area contributed by atoms with Gasteiger partial charge in [0.25, 0.3) is 0 Å². The number of benzene rings is 1. The van der Waals surface area contributed by atoms with Gasteiger partial charge in [-0.1, -0.05) is 15.9 Å². The van der Waals surface area contributed by atoms with Gasteiger partial charge in [-0.2, -0.15) is 0 Å². The fourth-order valence-corrected chi connectivity index (χ4v) is 1.30. The summed E-state index contributed by atoms with van der Waals surface area (Å²) in [7, 11) is 0. The maximum atomic E-state index is 10.4. The third-order valence-corrected chi connectivity index (χ3v) is 2.14. The molecule has 0 fully saturated rings. The van der Waals surface area contributed by atoms with Gasteiger partial charge in [0.05, 0.1) is 6.42 Å². The first-order chi connectivity index (χ1) is 6.58. The minimum Gasteiger partial charge on any atom is -0.490 e. The molecule has 1 N–H and O–H groups in total. The van der Waals surface area contributed by atoms with Crippen molar-refractivity contribution in [1.29, 1.82) is 0 Å². The molecule has 0 aliphatic rings. The summed E-state index contributed by atoms with van der Waals surface area (Å²) < 4.78 is 6.35. The predicted octanol–water partition coefficient (Wildman–Crippen LogP) is 2.69.